The van der Waals surface area contributed by atoms with Crippen LogP contribution < -0.4 is 0 Å². The summed E-state index contributed by atoms with van der Waals surface area (Å²) in [5, 5.41) is 10.6. The average Bonchev–Trinajstić information content (AvgIpc) is 2.46. The van der Waals surface area contributed by atoms with Gasteiger partial charge in [-0.15, -0.1) is 0 Å². The first-order valence-electron chi connectivity index (χ1n) is 6.49. The Kier molecular flexibility index (Phi) is 4.14. The molecule has 22 heavy (non-hydrogen) atoms. The van der Waals surface area contributed by atoms with Crippen LogP contribution in [-0.2, 0) is 9.84 Å². The standard InChI is InChI=1S/C16H15NO4S/c1-11(2)13-4-9-16(12(3)10-13)22(20,21)15-7-5-14(6-8-15)17(18)19/h4-10H,1H2,2-3H3. The number of allylic oxidation sites excluding steroid dienone is 1. The summed E-state index contributed by atoms with van der Waals surface area (Å²) in [6.45, 7) is 7.39. The van der Waals surface area contributed by atoms with Crippen LogP contribution in [-0.4, -0.2) is 13.3 Å². The highest BCUT2D eigenvalue weighted by atomic mass is 32.2. The van der Waals surface area contributed by atoms with Gasteiger partial charge < -0.3 is 0 Å². The van der Waals surface area contributed by atoms with Gasteiger partial charge in [0.2, 0.25) is 9.84 Å². The second kappa shape index (κ2) is 5.73. The van der Waals surface area contributed by atoms with Crippen molar-refractivity contribution in [2.45, 2.75) is 23.6 Å². The SMILES string of the molecule is C=C(C)c1ccc(S(=O)(=O)c2ccc([N+](=O)[O-])cc2)c(C)c1. The number of aryl methyl sites for hydroxylation is 1. The van der Waals surface area contributed by atoms with E-state index in [0.29, 0.717) is 5.56 Å². The largest absolute Gasteiger partial charge is 0.269 e. The second-order valence-electron chi connectivity index (χ2n) is 5.02. The zero-order valence-electron chi connectivity index (χ0n) is 12.2. The van der Waals surface area contributed by atoms with E-state index in [-0.39, 0.29) is 15.5 Å². The Hall–Kier alpha value is -2.47. The molecular formula is C16H15NO4S. The summed E-state index contributed by atoms with van der Waals surface area (Å²) in [6.07, 6.45) is 0. The summed E-state index contributed by atoms with van der Waals surface area (Å²) in [7, 11) is -3.71. The number of nitro benzene ring substituents is 1. The van der Waals surface area contributed by atoms with Gasteiger partial charge in [0.25, 0.3) is 5.69 Å². The van der Waals surface area contributed by atoms with Crippen molar-refractivity contribution in [2.24, 2.45) is 0 Å². The quantitative estimate of drug-likeness (QED) is 0.635. The third-order valence-corrected chi connectivity index (χ3v) is 5.24. The van der Waals surface area contributed by atoms with Gasteiger partial charge in [-0.3, -0.25) is 10.1 Å². The minimum Gasteiger partial charge on any atom is -0.258 e. The molecule has 0 atom stereocenters. The van der Waals surface area contributed by atoms with Crippen LogP contribution in [0, 0.1) is 17.0 Å². The van der Waals surface area contributed by atoms with Crippen LogP contribution in [0.25, 0.3) is 5.57 Å². The molecule has 6 heteroatoms. The molecule has 0 aliphatic carbocycles. The fraction of sp³-hybridized carbons (Fsp3) is 0.125. The minimum absolute atomic E-state index is 0.0317. The van der Waals surface area contributed by atoms with Crippen LogP contribution in [0.1, 0.15) is 18.1 Å². The maximum absolute atomic E-state index is 12.6. The highest BCUT2D eigenvalue weighted by Gasteiger charge is 2.21. The molecule has 0 aliphatic rings. The Morgan fingerprint density at radius 3 is 2.18 bits per heavy atom. The molecule has 0 aromatic heterocycles. The van der Waals surface area contributed by atoms with Crippen LogP contribution >= 0.6 is 0 Å². The molecule has 0 spiro atoms. The number of hydrogen-bond acceptors (Lipinski definition) is 4. The molecule has 114 valence electrons. The Balaban J connectivity index is 2.50. The highest BCUT2D eigenvalue weighted by molar-refractivity contribution is 7.91. The van der Waals surface area contributed by atoms with E-state index in [9.17, 15) is 18.5 Å². The van der Waals surface area contributed by atoms with Gasteiger partial charge in [-0.2, -0.15) is 0 Å². The molecule has 0 heterocycles. The van der Waals surface area contributed by atoms with Gasteiger partial charge in [0.15, 0.2) is 0 Å². The predicted molar refractivity (Wildman–Crippen MR) is 84.4 cm³/mol. The first-order valence-corrected chi connectivity index (χ1v) is 7.98. The van der Waals surface area contributed by atoms with Crippen molar-refractivity contribution in [1.29, 1.82) is 0 Å². The number of nitrogens with zero attached hydrogens (tertiary/aromatic N) is 1. The molecule has 0 N–H and O–H groups in total. The lowest BCUT2D eigenvalue weighted by Crippen LogP contribution is -2.04. The van der Waals surface area contributed by atoms with Gasteiger partial charge in [0.1, 0.15) is 0 Å². The lowest BCUT2D eigenvalue weighted by Gasteiger charge is -2.10. The van der Waals surface area contributed by atoms with Crippen molar-refractivity contribution >= 4 is 21.1 Å². The molecular weight excluding hydrogens is 302 g/mol. The Morgan fingerprint density at radius 1 is 1.14 bits per heavy atom. The Morgan fingerprint density at radius 2 is 1.73 bits per heavy atom. The van der Waals surface area contributed by atoms with Crippen molar-refractivity contribution in [1.82, 2.24) is 0 Å². The molecule has 0 amide bonds. The molecule has 0 saturated carbocycles. The van der Waals surface area contributed by atoms with Crippen LogP contribution in [0.4, 0.5) is 5.69 Å². The Bertz CT molecular complexity index is 852. The summed E-state index contributed by atoms with van der Waals surface area (Å²) in [6, 6.07) is 9.87. The molecule has 0 radical (unpaired) electrons. The van der Waals surface area contributed by atoms with Crippen LogP contribution in [0.5, 0.6) is 0 Å². The molecule has 2 aromatic rings. The normalized spacial score (nSPS) is 11.2. The summed E-state index contributed by atoms with van der Waals surface area (Å²) in [5.41, 5.74) is 2.19. The van der Waals surface area contributed by atoms with E-state index < -0.39 is 14.8 Å². The molecule has 0 saturated heterocycles. The van der Waals surface area contributed by atoms with Crippen LogP contribution in [0.15, 0.2) is 58.8 Å². The smallest absolute Gasteiger partial charge is 0.258 e. The van der Waals surface area contributed by atoms with Crippen LogP contribution in [0.2, 0.25) is 0 Å². The minimum atomic E-state index is -3.71. The summed E-state index contributed by atoms with van der Waals surface area (Å²) in [5.74, 6) is 0. The average molecular weight is 317 g/mol. The van der Waals surface area contributed by atoms with E-state index in [0.717, 1.165) is 11.1 Å². The van der Waals surface area contributed by atoms with Gasteiger partial charge in [-0.25, -0.2) is 8.42 Å². The van der Waals surface area contributed by atoms with Gasteiger partial charge in [0, 0.05) is 12.1 Å². The van der Waals surface area contributed by atoms with E-state index in [2.05, 4.69) is 6.58 Å². The molecule has 0 bridgehead atoms. The number of benzene rings is 2. The third kappa shape index (κ3) is 2.92. The van der Waals surface area contributed by atoms with Crippen molar-refractivity contribution in [3.63, 3.8) is 0 Å². The zero-order chi connectivity index (χ0) is 16.5. The van der Waals surface area contributed by atoms with E-state index in [1.807, 2.05) is 6.92 Å². The lowest BCUT2D eigenvalue weighted by molar-refractivity contribution is -0.384. The summed E-state index contributed by atoms with van der Waals surface area (Å²) < 4.78 is 25.2. The third-order valence-electron chi connectivity index (χ3n) is 3.32. The maximum atomic E-state index is 12.6. The molecule has 2 aromatic carbocycles. The maximum Gasteiger partial charge on any atom is 0.269 e. The number of nitro groups is 1. The van der Waals surface area contributed by atoms with Crippen molar-refractivity contribution in [2.75, 3.05) is 0 Å². The topological polar surface area (TPSA) is 77.3 Å². The number of sulfone groups is 1. The van der Waals surface area contributed by atoms with E-state index >= 15 is 0 Å². The van der Waals surface area contributed by atoms with Crippen molar-refractivity contribution in [3.05, 3.63) is 70.3 Å². The summed E-state index contributed by atoms with van der Waals surface area (Å²) in [4.78, 5) is 10.3. The summed E-state index contributed by atoms with van der Waals surface area (Å²) >= 11 is 0. The fourth-order valence-electron chi connectivity index (χ4n) is 2.09. The number of hydrogen-bond donors (Lipinski definition) is 0. The van der Waals surface area contributed by atoms with Gasteiger partial charge in [-0.05, 0) is 43.2 Å². The molecule has 0 unspecified atom stereocenters. The molecule has 2 rings (SSSR count). The number of rotatable bonds is 4. The lowest BCUT2D eigenvalue weighted by atomic mass is 10.1. The van der Waals surface area contributed by atoms with Crippen LogP contribution in [0.3, 0.4) is 0 Å². The van der Waals surface area contributed by atoms with Gasteiger partial charge in [-0.1, -0.05) is 24.3 Å². The Labute approximate surface area is 129 Å². The molecule has 5 nitrogen and oxygen atoms in total. The zero-order valence-corrected chi connectivity index (χ0v) is 13.1. The van der Waals surface area contributed by atoms with Crippen molar-refractivity contribution < 1.29 is 13.3 Å². The van der Waals surface area contributed by atoms with Gasteiger partial charge in [0.05, 0.1) is 14.7 Å². The van der Waals surface area contributed by atoms with Crippen molar-refractivity contribution in [3.8, 4) is 0 Å². The monoisotopic (exact) mass is 317 g/mol. The molecule has 0 aliphatic heterocycles. The second-order valence-corrected chi connectivity index (χ2v) is 6.93. The van der Waals surface area contributed by atoms with E-state index in [1.165, 1.54) is 30.3 Å². The number of non-ortho nitro benzene ring substituents is 1. The van der Waals surface area contributed by atoms with Gasteiger partial charge >= 0.3 is 0 Å². The first kappa shape index (κ1) is 15.9. The fourth-order valence-corrected chi connectivity index (χ4v) is 3.57. The molecule has 0 fully saturated rings. The highest BCUT2D eigenvalue weighted by Crippen LogP contribution is 2.27. The first-order chi connectivity index (χ1) is 10.2. The predicted octanol–water partition coefficient (Wildman–Crippen LogP) is 3.77. The van der Waals surface area contributed by atoms with E-state index in [1.54, 1.807) is 19.1 Å². The van der Waals surface area contributed by atoms with E-state index in [4.69, 9.17) is 0 Å².